The number of nitrogens with zero attached hydrogens (tertiary/aromatic N) is 3. The van der Waals surface area contributed by atoms with E-state index in [9.17, 15) is 22.4 Å². The number of nitrogens with one attached hydrogen (secondary N) is 1. The quantitative estimate of drug-likeness (QED) is 0.517. The number of halogens is 1. The van der Waals surface area contributed by atoms with Gasteiger partial charge in [0.05, 0.1) is 12.8 Å². The van der Waals surface area contributed by atoms with E-state index in [1.54, 1.807) is 31.2 Å². The smallest absolute Gasteiger partial charge is 0.304 e. The van der Waals surface area contributed by atoms with E-state index in [1.165, 1.54) is 38.2 Å². The van der Waals surface area contributed by atoms with Crippen LogP contribution in [0.25, 0.3) is 0 Å². The van der Waals surface area contributed by atoms with Gasteiger partial charge < -0.3 is 15.0 Å². The third-order valence-electron chi connectivity index (χ3n) is 5.29. The molecule has 0 saturated carbocycles. The summed E-state index contributed by atoms with van der Waals surface area (Å²) in [5.41, 5.74) is 0.276. The summed E-state index contributed by atoms with van der Waals surface area (Å²) in [5.74, 6) is -0.958. The van der Waals surface area contributed by atoms with Gasteiger partial charge in [0.15, 0.2) is 0 Å². The third kappa shape index (κ3) is 7.66. The number of ether oxygens (including phenoxy) is 1. The Morgan fingerprint density at radius 2 is 1.69 bits per heavy atom. The third-order valence-corrected chi connectivity index (χ3v) is 7.11. The van der Waals surface area contributed by atoms with Gasteiger partial charge in [-0.3, -0.25) is 9.59 Å². The fourth-order valence-corrected chi connectivity index (χ4v) is 4.40. The summed E-state index contributed by atoms with van der Waals surface area (Å²) >= 11 is 0. The lowest BCUT2D eigenvalue weighted by atomic mass is 10.1. The van der Waals surface area contributed by atoms with E-state index in [2.05, 4.69) is 5.32 Å². The summed E-state index contributed by atoms with van der Waals surface area (Å²) in [6, 6.07) is 10.9. The second-order valence-electron chi connectivity index (χ2n) is 9.56. The second kappa shape index (κ2) is 11.7. The minimum absolute atomic E-state index is 0.0357. The van der Waals surface area contributed by atoms with E-state index in [0.29, 0.717) is 11.3 Å². The van der Waals surface area contributed by atoms with Crippen molar-refractivity contribution in [2.75, 3.05) is 32.1 Å². The maximum atomic E-state index is 13.6. The maximum absolute atomic E-state index is 13.6. The molecule has 2 aromatic carbocycles. The Kier molecular flexibility index (Phi) is 9.44. The number of anilines is 1. The van der Waals surface area contributed by atoms with Crippen molar-refractivity contribution in [2.45, 2.75) is 45.8 Å². The van der Waals surface area contributed by atoms with Crippen molar-refractivity contribution in [1.29, 1.82) is 0 Å². The predicted octanol–water partition coefficient (Wildman–Crippen LogP) is 2.78. The van der Waals surface area contributed by atoms with Gasteiger partial charge in [0.1, 0.15) is 24.2 Å². The molecule has 36 heavy (non-hydrogen) atoms. The molecule has 0 aromatic heterocycles. The molecule has 2 amide bonds. The van der Waals surface area contributed by atoms with Gasteiger partial charge in [-0.25, -0.2) is 8.70 Å². The minimum atomic E-state index is -4.12. The number of hydrogen-bond acceptors (Lipinski definition) is 5. The molecule has 2 aromatic rings. The lowest BCUT2D eigenvalue weighted by molar-refractivity contribution is -0.140. The lowest BCUT2D eigenvalue weighted by Gasteiger charge is -2.34. The highest BCUT2D eigenvalue weighted by molar-refractivity contribution is 7.90. The van der Waals surface area contributed by atoms with Crippen LogP contribution < -0.4 is 14.4 Å². The highest BCUT2D eigenvalue weighted by atomic mass is 32.2. The molecule has 9 nitrogen and oxygen atoms in total. The van der Waals surface area contributed by atoms with Crippen molar-refractivity contribution < 1.29 is 27.1 Å². The monoisotopic (exact) mass is 522 g/mol. The highest BCUT2D eigenvalue weighted by Crippen LogP contribution is 2.22. The van der Waals surface area contributed by atoms with Crippen molar-refractivity contribution in [1.82, 2.24) is 14.5 Å². The van der Waals surface area contributed by atoms with Crippen LogP contribution in [0.1, 0.15) is 33.3 Å². The number of carbonyl (C=O) groups excluding carboxylic acids is 2. The van der Waals surface area contributed by atoms with Crippen molar-refractivity contribution >= 4 is 27.7 Å². The highest BCUT2D eigenvalue weighted by Gasteiger charge is 2.33. The average Bonchev–Trinajstić information content (AvgIpc) is 2.80. The molecule has 0 heterocycles. The van der Waals surface area contributed by atoms with Gasteiger partial charge in [-0.15, -0.1) is 0 Å². The number of hydrogen-bond donors (Lipinski definition) is 1. The van der Waals surface area contributed by atoms with E-state index in [-0.39, 0.29) is 18.1 Å². The van der Waals surface area contributed by atoms with Crippen LogP contribution in [-0.4, -0.2) is 68.8 Å². The first-order chi connectivity index (χ1) is 16.7. The van der Waals surface area contributed by atoms with Crippen LogP contribution in [0, 0.1) is 5.82 Å². The summed E-state index contributed by atoms with van der Waals surface area (Å²) in [4.78, 5) is 28.0. The molecule has 11 heteroatoms. The van der Waals surface area contributed by atoms with Crippen LogP contribution in [0.4, 0.5) is 10.1 Å². The van der Waals surface area contributed by atoms with Gasteiger partial charge in [0, 0.05) is 26.2 Å². The summed E-state index contributed by atoms with van der Waals surface area (Å²) in [6.45, 7) is 6.50. The Morgan fingerprint density at radius 1 is 1.08 bits per heavy atom. The first-order valence-electron chi connectivity index (χ1n) is 11.4. The topological polar surface area (TPSA) is 99.3 Å². The molecule has 2 rings (SSSR count). The van der Waals surface area contributed by atoms with Gasteiger partial charge >= 0.3 is 10.2 Å². The van der Waals surface area contributed by atoms with Gasteiger partial charge in [-0.05, 0) is 69.7 Å². The van der Waals surface area contributed by atoms with E-state index >= 15 is 0 Å². The van der Waals surface area contributed by atoms with Crippen LogP contribution in [0.15, 0.2) is 48.5 Å². The number of carbonyl (C=O) groups is 2. The zero-order valence-electron chi connectivity index (χ0n) is 21.8. The zero-order chi connectivity index (χ0) is 27.3. The van der Waals surface area contributed by atoms with Gasteiger partial charge in [-0.2, -0.15) is 12.7 Å². The van der Waals surface area contributed by atoms with E-state index < -0.39 is 40.1 Å². The molecule has 0 saturated heterocycles. The van der Waals surface area contributed by atoms with Crippen LogP contribution in [0.3, 0.4) is 0 Å². The molecule has 0 aliphatic heterocycles. The summed E-state index contributed by atoms with van der Waals surface area (Å²) in [5, 5.41) is 2.86. The van der Waals surface area contributed by atoms with Crippen LogP contribution in [0.2, 0.25) is 0 Å². The van der Waals surface area contributed by atoms with Crippen LogP contribution in [-0.2, 0) is 26.3 Å². The molecule has 1 atom stereocenters. The van der Waals surface area contributed by atoms with Crippen molar-refractivity contribution in [2.24, 2.45) is 0 Å². The Morgan fingerprint density at radius 3 is 2.22 bits per heavy atom. The average molecular weight is 523 g/mol. The molecule has 1 N–H and O–H groups in total. The lowest BCUT2D eigenvalue weighted by Crippen LogP contribution is -2.54. The molecular weight excluding hydrogens is 487 g/mol. The molecule has 0 radical (unpaired) electrons. The summed E-state index contributed by atoms with van der Waals surface area (Å²) < 4.78 is 46.8. The molecular formula is C25H35FN4O5S. The summed E-state index contributed by atoms with van der Waals surface area (Å²) in [6.07, 6.45) is 0. The first-order valence-corrected chi connectivity index (χ1v) is 12.8. The zero-order valence-corrected chi connectivity index (χ0v) is 22.6. The molecule has 0 unspecified atom stereocenters. The fraction of sp³-hybridized carbons (Fsp3) is 0.440. The predicted molar refractivity (Wildman–Crippen MR) is 137 cm³/mol. The molecule has 0 fully saturated rings. The molecule has 198 valence electrons. The maximum Gasteiger partial charge on any atom is 0.304 e. The van der Waals surface area contributed by atoms with Gasteiger partial charge in [0.2, 0.25) is 11.8 Å². The Hall–Kier alpha value is -3.18. The second-order valence-corrected chi connectivity index (χ2v) is 11.6. The molecule has 0 spiro atoms. The summed E-state index contributed by atoms with van der Waals surface area (Å²) in [7, 11) is 0.0805. The molecule has 0 bridgehead atoms. The largest absolute Gasteiger partial charge is 0.497 e. The molecule has 0 aliphatic carbocycles. The van der Waals surface area contributed by atoms with E-state index in [0.717, 1.165) is 20.7 Å². The Labute approximate surface area is 213 Å². The molecule has 0 aliphatic rings. The number of rotatable bonds is 10. The minimum Gasteiger partial charge on any atom is -0.497 e. The van der Waals surface area contributed by atoms with E-state index in [4.69, 9.17) is 4.74 Å². The van der Waals surface area contributed by atoms with Gasteiger partial charge in [-0.1, -0.05) is 12.1 Å². The Bertz CT molecular complexity index is 1160. The van der Waals surface area contributed by atoms with E-state index in [1.807, 2.05) is 20.8 Å². The van der Waals surface area contributed by atoms with Gasteiger partial charge in [0.25, 0.3) is 0 Å². The fourth-order valence-electron chi connectivity index (χ4n) is 3.35. The standard InChI is InChI=1S/C25H35FN4O5S/c1-18(24(32)27-25(2,3)4)29(16-19-9-8-10-22(15-19)35-7)23(31)17-30(36(33,34)28(5)6)21-13-11-20(26)12-14-21/h8-15,18H,16-17H2,1-7H3,(H,27,32)/t18-/m1/s1. The Balaban J connectivity index is 2.48. The van der Waals surface area contributed by atoms with Crippen molar-refractivity contribution in [3.05, 3.63) is 59.9 Å². The first kappa shape index (κ1) is 29.1. The van der Waals surface area contributed by atoms with Crippen LogP contribution >= 0.6 is 0 Å². The number of amides is 2. The van der Waals surface area contributed by atoms with Crippen LogP contribution in [0.5, 0.6) is 5.75 Å². The number of methoxy groups -OCH3 is 1. The van der Waals surface area contributed by atoms with Crippen molar-refractivity contribution in [3.63, 3.8) is 0 Å². The normalized spacial score (nSPS) is 12.7. The SMILES string of the molecule is COc1cccc(CN(C(=O)CN(c2ccc(F)cc2)S(=O)(=O)N(C)C)[C@H](C)C(=O)NC(C)(C)C)c1. The number of benzene rings is 2. The van der Waals surface area contributed by atoms with Crippen molar-refractivity contribution in [3.8, 4) is 5.75 Å².